The quantitative estimate of drug-likeness (QED) is 0.656. The second kappa shape index (κ2) is 6.56. The summed E-state index contributed by atoms with van der Waals surface area (Å²) in [6.45, 7) is 2.22. The van der Waals surface area contributed by atoms with Gasteiger partial charge in [-0.1, -0.05) is 32.6 Å². The Labute approximate surface area is 112 Å². The molecule has 2 fully saturated rings. The van der Waals surface area contributed by atoms with Crippen molar-refractivity contribution in [2.75, 3.05) is 0 Å². The topological polar surface area (TPSA) is 17.1 Å². The predicted octanol–water partition coefficient (Wildman–Crippen LogP) is 4.60. The Bertz CT molecular complexity index is 365. The van der Waals surface area contributed by atoms with Gasteiger partial charge in [0.05, 0.1) is 0 Å². The Morgan fingerprint density at radius 3 is 2.53 bits per heavy atom. The summed E-state index contributed by atoms with van der Waals surface area (Å²) in [7, 11) is 0. The van der Waals surface area contributed by atoms with Crippen molar-refractivity contribution in [3.05, 3.63) is 0 Å². The number of aldehydes is 1. The first-order valence-electron chi connectivity index (χ1n) is 9.32. The van der Waals surface area contributed by atoms with Crippen molar-refractivity contribution < 1.29 is 10.3 Å². The van der Waals surface area contributed by atoms with E-state index in [1.165, 1.54) is 25.7 Å². The summed E-state index contributed by atoms with van der Waals surface area (Å²) in [6, 6.07) is 0. The highest BCUT2D eigenvalue weighted by molar-refractivity contribution is 5.53. The largest absolute Gasteiger partial charge is 0.303 e. The third-order valence-corrected chi connectivity index (χ3v) is 4.57. The minimum Gasteiger partial charge on any atom is -0.303 e. The summed E-state index contributed by atoms with van der Waals surface area (Å²) in [6.07, 6.45) is 5.45. The van der Waals surface area contributed by atoms with Gasteiger partial charge in [-0.15, -0.1) is 0 Å². The van der Waals surface area contributed by atoms with E-state index in [9.17, 15) is 4.79 Å². The lowest BCUT2D eigenvalue weighted by Gasteiger charge is -2.37. The zero-order chi connectivity index (χ0) is 15.7. The van der Waals surface area contributed by atoms with Crippen LogP contribution in [0, 0.1) is 23.6 Å². The molecule has 2 aliphatic rings. The van der Waals surface area contributed by atoms with Crippen molar-refractivity contribution in [2.45, 2.75) is 71.1 Å². The number of hydrogen-bond acceptors (Lipinski definition) is 1. The molecule has 0 aliphatic heterocycles. The van der Waals surface area contributed by atoms with Crippen LogP contribution in [0.25, 0.3) is 0 Å². The summed E-state index contributed by atoms with van der Waals surface area (Å²) in [5.41, 5.74) is 0. The van der Waals surface area contributed by atoms with Crippen LogP contribution in [0.15, 0.2) is 0 Å². The highest BCUT2D eigenvalue weighted by Crippen LogP contribution is 2.41. The van der Waals surface area contributed by atoms with Crippen LogP contribution >= 0.6 is 0 Å². The van der Waals surface area contributed by atoms with Crippen LogP contribution in [0.2, 0.25) is 0 Å². The second-order valence-electron chi connectivity index (χ2n) is 5.73. The van der Waals surface area contributed by atoms with Crippen LogP contribution in [-0.2, 0) is 4.79 Å². The fourth-order valence-corrected chi connectivity index (χ4v) is 3.47. The van der Waals surface area contributed by atoms with Crippen molar-refractivity contribution in [3.8, 4) is 0 Å². The SMILES string of the molecule is [2H]C1C(C2CCC(CCC)CC2)CCC([2H])(C=O)C1([2H])[2H]. The van der Waals surface area contributed by atoms with Gasteiger partial charge in [0.2, 0.25) is 0 Å². The molecule has 3 atom stereocenters. The predicted molar refractivity (Wildman–Crippen MR) is 71.9 cm³/mol. The summed E-state index contributed by atoms with van der Waals surface area (Å²) >= 11 is 0. The van der Waals surface area contributed by atoms with Crippen molar-refractivity contribution in [1.29, 1.82) is 0 Å². The molecule has 0 spiro atoms. The molecule has 0 bridgehead atoms. The van der Waals surface area contributed by atoms with Crippen LogP contribution in [-0.4, -0.2) is 6.29 Å². The Morgan fingerprint density at radius 1 is 1.18 bits per heavy atom. The lowest BCUT2D eigenvalue weighted by Crippen LogP contribution is -2.26. The molecule has 1 nitrogen and oxygen atoms in total. The van der Waals surface area contributed by atoms with Gasteiger partial charge in [0.1, 0.15) is 6.29 Å². The molecular weight excluding hydrogens is 208 g/mol. The normalized spacial score (nSPS) is 53.9. The molecule has 0 aromatic rings. The minimum atomic E-state index is -2.03. The standard InChI is InChI=1S/C16H28O/c1-2-3-13-4-8-15(9-5-13)16-10-6-14(12-17)7-11-16/h12-16H,2-11H2,1H3/i6D2,10D,14D. The van der Waals surface area contributed by atoms with Crippen LogP contribution in [0.1, 0.15) is 76.5 Å². The van der Waals surface area contributed by atoms with Crippen LogP contribution < -0.4 is 0 Å². The molecule has 0 saturated heterocycles. The molecule has 2 rings (SSSR count). The van der Waals surface area contributed by atoms with E-state index in [4.69, 9.17) is 5.48 Å². The van der Waals surface area contributed by atoms with Crippen LogP contribution in [0.3, 0.4) is 0 Å². The summed E-state index contributed by atoms with van der Waals surface area (Å²) < 4.78 is 32.5. The van der Waals surface area contributed by atoms with E-state index in [2.05, 4.69) is 6.92 Å². The first kappa shape index (κ1) is 8.72. The summed E-state index contributed by atoms with van der Waals surface area (Å²) in [4.78, 5) is 11.1. The molecule has 0 aromatic heterocycles. The van der Waals surface area contributed by atoms with E-state index < -0.39 is 18.7 Å². The Morgan fingerprint density at radius 2 is 1.88 bits per heavy atom. The minimum absolute atomic E-state index is 0.0148. The van der Waals surface area contributed by atoms with E-state index in [1.807, 2.05) is 0 Å². The third kappa shape index (κ3) is 3.56. The van der Waals surface area contributed by atoms with E-state index in [0.29, 0.717) is 18.6 Å². The van der Waals surface area contributed by atoms with E-state index in [0.717, 1.165) is 18.8 Å². The number of rotatable bonds is 4. The summed E-state index contributed by atoms with van der Waals surface area (Å²) in [5, 5.41) is 0. The van der Waals surface area contributed by atoms with E-state index in [-0.39, 0.29) is 12.3 Å². The maximum atomic E-state index is 11.1. The first-order chi connectivity index (χ1) is 9.85. The number of carbonyl (C=O) groups excluding carboxylic acids is 1. The lowest BCUT2D eigenvalue weighted by molar-refractivity contribution is -0.112. The zero-order valence-electron chi connectivity index (χ0n) is 15.0. The van der Waals surface area contributed by atoms with E-state index in [1.54, 1.807) is 0 Å². The highest BCUT2D eigenvalue weighted by atomic mass is 16.1. The molecule has 0 amide bonds. The van der Waals surface area contributed by atoms with Crippen molar-refractivity contribution in [2.24, 2.45) is 23.6 Å². The molecule has 0 radical (unpaired) electrons. The third-order valence-electron chi connectivity index (χ3n) is 4.57. The number of carbonyl (C=O) groups is 1. The highest BCUT2D eigenvalue weighted by Gasteiger charge is 2.30. The number of hydrogen-bond donors (Lipinski definition) is 0. The van der Waals surface area contributed by atoms with Crippen molar-refractivity contribution >= 4 is 6.29 Å². The fourth-order valence-electron chi connectivity index (χ4n) is 3.47. The molecule has 2 saturated carbocycles. The summed E-state index contributed by atoms with van der Waals surface area (Å²) in [5.74, 6) is -0.496. The molecule has 0 aromatic carbocycles. The molecule has 2 aliphatic carbocycles. The Balaban J connectivity index is 2.01. The average molecular weight is 240 g/mol. The van der Waals surface area contributed by atoms with Gasteiger partial charge in [0.25, 0.3) is 0 Å². The Kier molecular flexibility index (Phi) is 3.36. The molecule has 0 heterocycles. The average Bonchev–Trinajstić information content (AvgIpc) is 2.47. The van der Waals surface area contributed by atoms with Gasteiger partial charge >= 0.3 is 0 Å². The maximum Gasteiger partial charge on any atom is 0.123 e. The second-order valence-corrected chi connectivity index (χ2v) is 5.73. The molecule has 17 heavy (non-hydrogen) atoms. The van der Waals surface area contributed by atoms with Crippen molar-refractivity contribution in [1.82, 2.24) is 0 Å². The first-order valence-corrected chi connectivity index (χ1v) is 7.24. The molecule has 98 valence electrons. The fraction of sp³-hybridized carbons (Fsp3) is 0.938. The van der Waals surface area contributed by atoms with Gasteiger partial charge in [0.15, 0.2) is 0 Å². The van der Waals surface area contributed by atoms with Crippen molar-refractivity contribution in [3.63, 3.8) is 0 Å². The molecule has 1 heteroatoms. The van der Waals surface area contributed by atoms with Gasteiger partial charge in [-0.3, -0.25) is 0 Å². The van der Waals surface area contributed by atoms with Gasteiger partial charge in [-0.2, -0.15) is 0 Å². The van der Waals surface area contributed by atoms with Crippen LogP contribution in [0.5, 0.6) is 0 Å². The molecule has 0 N–H and O–H groups in total. The van der Waals surface area contributed by atoms with Gasteiger partial charge < -0.3 is 4.79 Å². The van der Waals surface area contributed by atoms with E-state index >= 15 is 0 Å². The smallest absolute Gasteiger partial charge is 0.123 e. The zero-order valence-corrected chi connectivity index (χ0v) is 11.0. The molecular formula is C16H28O. The Hall–Kier alpha value is -0.330. The monoisotopic (exact) mass is 240 g/mol. The van der Waals surface area contributed by atoms with Gasteiger partial charge in [-0.25, -0.2) is 0 Å². The van der Waals surface area contributed by atoms with Gasteiger partial charge in [-0.05, 0) is 56.2 Å². The lowest BCUT2D eigenvalue weighted by atomic mass is 9.69. The van der Waals surface area contributed by atoms with Crippen LogP contribution in [0.4, 0.5) is 0 Å². The molecule has 3 unspecified atom stereocenters. The maximum absolute atomic E-state index is 11.1. The van der Waals surface area contributed by atoms with Gasteiger partial charge in [0, 0.05) is 11.4 Å².